The minimum absolute atomic E-state index is 0.0209. The monoisotopic (exact) mass is 610 g/mol. The summed E-state index contributed by atoms with van der Waals surface area (Å²) in [5.41, 5.74) is -0.422. The highest BCUT2D eigenvalue weighted by molar-refractivity contribution is 6.30. The Morgan fingerprint density at radius 3 is 2.07 bits per heavy atom. The van der Waals surface area contributed by atoms with Gasteiger partial charge in [-0.3, -0.25) is 4.68 Å². The Hall–Kier alpha value is -3.56. The molecule has 0 N–H and O–H groups in total. The maximum atomic E-state index is 14.7. The van der Waals surface area contributed by atoms with E-state index in [0.29, 0.717) is 16.8 Å². The van der Waals surface area contributed by atoms with Gasteiger partial charge in [0.1, 0.15) is 11.3 Å². The van der Waals surface area contributed by atoms with E-state index < -0.39 is 29.3 Å². The minimum Gasteiger partial charge on any atom is -0.259 e. The van der Waals surface area contributed by atoms with E-state index in [1.807, 2.05) is 0 Å². The van der Waals surface area contributed by atoms with Gasteiger partial charge in [0.15, 0.2) is 0 Å². The summed E-state index contributed by atoms with van der Waals surface area (Å²) in [5.74, 6) is -0.644. The molecule has 0 spiro atoms. The Morgan fingerprint density at radius 1 is 0.683 bits per heavy atom. The van der Waals surface area contributed by atoms with Crippen molar-refractivity contribution in [1.29, 1.82) is 0 Å². The largest absolute Gasteiger partial charge is 0.418 e. The number of benzene rings is 4. The highest BCUT2D eigenvalue weighted by Gasteiger charge is 2.35. The van der Waals surface area contributed by atoms with Gasteiger partial charge >= 0.3 is 12.4 Å². The van der Waals surface area contributed by atoms with Crippen molar-refractivity contribution in [3.8, 4) is 11.3 Å². The van der Waals surface area contributed by atoms with Crippen molar-refractivity contribution in [2.45, 2.75) is 31.7 Å². The topological polar surface area (TPSA) is 17.8 Å². The van der Waals surface area contributed by atoms with Gasteiger partial charge in [0.25, 0.3) is 0 Å². The zero-order valence-electron chi connectivity index (χ0n) is 20.9. The first-order valence-electron chi connectivity index (χ1n) is 12.3. The number of alkyl halides is 6. The molecule has 1 aromatic heterocycles. The molecular weight excluding hydrogens is 592 g/mol. The number of rotatable bonds is 6. The van der Waals surface area contributed by atoms with Crippen LogP contribution >= 0.6 is 23.2 Å². The van der Waals surface area contributed by atoms with Crippen LogP contribution in [0.15, 0.2) is 78.9 Å². The number of aromatic nitrogens is 2. The Labute approximate surface area is 239 Å². The summed E-state index contributed by atoms with van der Waals surface area (Å²) in [4.78, 5) is 0. The third-order valence-electron chi connectivity index (χ3n) is 6.67. The Bertz CT molecular complexity index is 1740. The van der Waals surface area contributed by atoms with Crippen LogP contribution in [0.2, 0.25) is 10.0 Å². The van der Waals surface area contributed by atoms with Gasteiger partial charge in [0.2, 0.25) is 0 Å². The molecule has 1 heterocycles. The van der Waals surface area contributed by atoms with E-state index in [1.54, 1.807) is 24.3 Å². The van der Waals surface area contributed by atoms with Gasteiger partial charge in [0.05, 0.1) is 23.4 Å². The van der Waals surface area contributed by atoms with E-state index in [2.05, 4.69) is 5.10 Å². The molecule has 5 rings (SSSR count). The lowest BCUT2D eigenvalue weighted by atomic mass is 9.97. The quantitative estimate of drug-likeness (QED) is 0.175. The number of hydrogen-bond acceptors (Lipinski definition) is 1. The predicted octanol–water partition coefficient (Wildman–Crippen LogP) is 10.0. The smallest absolute Gasteiger partial charge is 0.259 e. The number of fused-ring (bicyclic) bond motifs is 1. The van der Waals surface area contributed by atoms with Crippen LogP contribution in [0, 0.1) is 5.82 Å². The van der Waals surface area contributed by atoms with E-state index in [0.717, 1.165) is 18.2 Å². The summed E-state index contributed by atoms with van der Waals surface area (Å²) in [7, 11) is 0. The molecule has 0 radical (unpaired) electrons. The lowest BCUT2D eigenvalue weighted by Crippen LogP contribution is -2.10. The molecule has 0 atom stereocenters. The molecule has 41 heavy (non-hydrogen) atoms. The van der Waals surface area contributed by atoms with Gasteiger partial charge in [-0.2, -0.15) is 31.4 Å². The second-order valence-electron chi connectivity index (χ2n) is 9.44. The summed E-state index contributed by atoms with van der Waals surface area (Å²) in [6.07, 6.45) is -9.02. The Morgan fingerprint density at radius 2 is 1.37 bits per heavy atom. The summed E-state index contributed by atoms with van der Waals surface area (Å²) < 4.78 is 98.1. The van der Waals surface area contributed by atoms with Crippen molar-refractivity contribution in [2.75, 3.05) is 0 Å². The fourth-order valence-corrected chi connectivity index (χ4v) is 5.16. The van der Waals surface area contributed by atoms with E-state index in [4.69, 9.17) is 23.2 Å². The Balaban J connectivity index is 1.58. The average molecular weight is 611 g/mol. The maximum absolute atomic E-state index is 14.7. The van der Waals surface area contributed by atoms with Gasteiger partial charge in [-0.25, -0.2) is 4.39 Å². The van der Waals surface area contributed by atoms with Crippen molar-refractivity contribution in [3.05, 3.63) is 123 Å². The van der Waals surface area contributed by atoms with Crippen LogP contribution in [0.3, 0.4) is 0 Å². The fourth-order valence-electron chi connectivity index (χ4n) is 4.81. The van der Waals surface area contributed by atoms with Crippen molar-refractivity contribution >= 4 is 34.1 Å². The van der Waals surface area contributed by atoms with Crippen LogP contribution in [-0.4, -0.2) is 9.78 Å². The first kappa shape index (κ1) is 29.0. The zero-order chi connectivity index (χ0) is 29.5. The fraction of sp³-hybridized carbons (Fsp3) is 0.167. The number of aryl methyl sites for hydroxylation is 2. The molecule has 0 saturated carbocycles. The van der Waals surface area contributed by atoms with Crippen LogP contribution in [0.4, 0.5) is 30.7 Å². The highest BCUT2D eigenvalue weighted by Crippen LogP contribution is 2.39. The molecular formula is C30H19Cl2F7N2. The van der Waals surface area contributed by atoms with Crippen molar-refractivity contribution in [1.82, 2.24) is 9.78 Å². The number of nitrogens with zero attached hydrogens (tertiary/aromatic N) is 2. The van der Waals surface area contributed by atoms with E-state index in [9.17, 15) is 30.7 Å². The van der Waals surface area contributed by atoms with Crippen LogP contribution in [0.25, 0.3) is 22.2 Å². The molecule has 5 aromatic rings. The minimum atomic E-state index is -4.68. The molecule has 0 amide bonds. The first-order chi connectivity index (χ1) is 19.3. The van der Waals surface area contributed by atoms with Crippen LogP contribution < -0.4 is 0 Å². The molecule has 0 aliphatic rings. The molecule has 0 bridgehead atoms. The molecule has 212 valence electrons. The van der Waals surface area contributed by atoms with Crippen LogP contribution in [0.5, 0.6) is 0 Å². The first-order valence-corrected chi connectivity index (χ1v) is 13.0. The second-order valence-corrected chi connectivity index (χ2v) is 10.3. The second kappa shape index (κ2) is 11.0. The summed E-state index contributed by atoms with van der Waals surface area (Å²) in [6.45, 7) is -0.188. The number of halogens is 9. The van der Waals surface area contributed by atoms with E-state index in [-0.39, 0.29) is 51.5 Å². The van der Waals surface area contributed by atoms with Crippen LogP contribution in [0.1, 0.15) is 27.8 Å². The van der Waals surface area contributed by atoms with E-state index >= 15 is 0 Å². The molecule has 2 nitrogen and oxygen atoms in total. The average Bonchev–Trinajstić information content (AvgIpc) is 3.26. The summed E-state index contributed by atoms with van der Waals surface area (Å²) >= 11 is 11.8. The van der Waals surface area contributed by atoms with Gasteiger partial charge < -0.3 is 0 Å². The van der Waals surface area contributed by atoms with Gasteiger partial charge in [-0.1, -0.05) is 59.6 Å². The summed E-state index contributed by atoms with van der Waals surface area (Å²) in [5, 5.41) is 4.78. The normalized spacial score (nSPS) is 12.3. The molecule has 0 aliphatic heterocycles. The lowest BCUT2D eigenvalue weighted by molar-refractivity contribution is -0.138. The SMILES string of the molecule is Fc1cc(Cl)ccc1Cn1nc2c(C(F)(F)F)cccc2c1-c1cccc(CCc2cc(Cl)ccc2C(F)(F)F)c1. The molecule has 4 aromatic carbocycles. The third kappa shape index (κ3) is 6.21. The molecule has 0 saturated heterocycles. The molecule has 0 aliphatic carbocycles. The molecule has 0 unspecified atom stereocenters. The third-order valence-corrected chi connectivity index (χ3v) is 7.14. The van der Waals surface area contributed by atoms with Crippen LogP contribution in [-0.2, 0) is 31.7 Å². The van der Waals surface area contributed by atoms with Crippen molar-refractivity contribution in [2.24, 2.45) is 0 Å². The zero-order valence-corrected chi connectivity index (χ0v) is 22.4. The summed E-state index contributed by atoms with van der Waals surface area (Å²) in [6, 6.07) is 17.8. The van der Waals surface area contributed by atoms with Crippen molar-refractivity contribution in [3.63, 3.8) is 0 Å². The Kier molecular flexibility index (Phi) is 7.78. The lowest BCUT2D eigenvalue weighted by Gasteiger charge is -2.14. The number of hydrogen-bond donors (Lipinski definition) is 0. The predicted molar refractivity (Wildman–Crippen MR) is 145 cm³/mol. The standard InChI is InChI=1S/C30H19Cl2F7N2/c31-21-11-12-24(29(34,35)36)18(14-21)8-7-17-3-1-4-19(13-17)28-23-5-2-6-25(30(37,38)39)27(23)40-41(28)16-20-9-10-22(32)15-26(20)33/h1-6,9-15H,7-8,16H2. The van der Waals surface area contributed by atoms with Gasteiger partial charge in [-0.05, 0) is 66.4 Å². The van der Waals surface area contributed by atoms with Gasteiger partial charge in [-0.15, -0.1) is 0 Å². The molecule has 0 fully saturated rings. The molecule has 11 heteroatoms. The van der Waals surface area contributed by atoms with Crippen molar-refractivity contribution < 1.29 is 30.7 Å². The van der Waals surface area contributed by atoms with Gasteiger partial charge in [0, 0.05) is 26.6 Å². The highest BCUT2D eigenvalue weighted by atomic mass is 35.5. The maximum Gasteiger partial charge on any atom is 0.418 e. The van der Waals surface area contributed by atoms with E-state index in [1.165, 1.54) is 41.1 Å².